The quantitative estimate of drug-likeness (QED) is 0.764. The van der Waals surface area contributed by atoms with E-state index in [1.54, 1.807) is 23.6 Å². The van der Waals surface area contributed by atoms with Gasteiger partial charge in [-0.15, -0.1) is 0 Å². The second-order valence-corrected chi connectivity index (χ2v) is 8.21. The lowest BCUT2D eigenvalue weighted by atomic mass is 9.91. The smallest absolute Gasteiger partial charge is 0.356 e. The number of esters is 1. The molecule has 1 aliphatic heterocycles. The van der Waals surface area contributed by atoms with Gasteiger partial charge < -0.3 is 15.0 Å². The summed E-state index contributed by atoms with van der Waals surface area (Å²) in [6, 6.07) is 7.86. The zero-order chi connectivity index (χ0) is 22.1. The number of rotatable bonds is 5. The Morgan fingerprint density at radius 1 is 1.33 bits per heavy atom. The van der Waals surface area contributed by atoms with E-state index in [1.165, 1.54) is 0 Å². The Balaban J connectivity index is 1.78. The third kappa shape index (κ3) is 4.25. The van der Waals surface area contributed by atoms with Gasteiger partial charge in [-0.3, -0.25) is 4.68 Å². The number of allylic oxidation sites excluding steroid dienone is 1. The maximum absolute atomic E-state index is 13.1. The number of nitrogens with one attached hydrogen (secondary N) is 1. The van der Waals surface area contributed by atoms with Gasteiger partial charge in [-0.1, -0.05) is 30.4 Å². The van der Waals surface area contributed by atoms with Gasteiger partial charge in [0.2, 0.25) is 0 Å². The number of urea groups is 1. The summed E-state index contributed by atoms with van der Waals surface area (Å²) in [5, 5.41) is 7.58. The molecule has 1 aromatic carbocycles. The van der Waals surface area contributed by atoms with Crippen LogP contribution in [0.25, 0.3) is 5.57 Å². The molecule has 0 saturated heterocycles. The molecule has 1 aromatic heterocycles. The lowest BCUT2D eigenvalue weighted by Crippen LogP contribution is -2.49. The molecule has 0 saturated carbocycles. The molecular weight excluding hydrogens is 380 g/mol. The van der Waals surface area contributed by atoms with Crippen LogP contribution in [0.15, 0.2) is 30.8 Å². The first-order chi connectivity index (χ1) is 14.1. The number of hydrogen-bond donors (Lipinski definition) is 1. The van der Waals surface area contributed by atoms with Crippen molar-refractivity contribution in [2.75, 3.05) is 13.2 Å². The SMILES string of the molecule is C=C(C)c1cccc(C(C)(C)NC(=O)N2CCc3nn(C)c(C(=O)OCC)c3C2)c1. The number of hydrogen-bond acceptors (Lipinski definition) is 4. The standard InChI is InChI=1S/C23H30N4O3/c1-7-30-21(28)20-18-14-27(12-11-19(18)25-26(20)6)22(29)24-23(4,5)17-10-8-9-16(13-17)15(2)3/h8-10,13H,2,7,11-12,14H2,1,3-6H3,(H,24,29). The minimum atomic E-state index is -0.568. The van der Waals surface area contributed by atoms with Crippen molar-refractivity contribution in [1.29, 1.82) is 0 Å². The summed E-state index contributed by atoms with van der Waals surface area (Å²) >= 11 is 0. The average Bonchev–Trinajstić information content (AvgIpc) is 3.02. The van der Waals surface area contributed by atoms with Crippen LogP contribution in [0.4, 0.5) is 4.79 Å². The van der Waals surface area contributed by atoms with Crippen LogP contribution in [-0.4, -0.2) is 39.8 Å². The van der Waals surface area contributed by atoms with Crippen LogP contribution in [0, 0.1) is 0 Å². The molecule has 1 N–H and O–H groups in total. The Kier molecular flexibility index (Phi) is 6.01. The van der Waals surface area contributed by atoms with E-state index in [0.717, 1.165) is 28.0 Å². The second-order valence-electron chi connectivity index (χ2n) is 8.21. The van der Waals surface area contributed by atoms with Crippen LogP contribution in [0.3, 0.4) is 0 Å². The molecule has 2 amide bonds. The van der Waals surface area contributed by atoms with Crippen molar-refractivity contribution in [1.82, 2.24) is 20.0 Å². The minimum absolute atomic E-state index is 0.176. The van der Waals surface area contributed by atoms with E-state index < -0.39 is 11.5 Å². The zero-order valence-electron chi connectivity index (χ0n) is 18.4. The number of amides is 2. The molecule has 160 valence electrons. The molecule has 2 aromatic rings. The highest BCUT2D eigenvalue weighted by Crippen LogP contribution is 2.26. The summed E-state index contributed by atoms with van der Waals surface area (Å²) in [4.78, 5) is 27.2. The van der Waals surface area contributed by atoms with Crippen LogP contribution in [-0.2, 0) is 30.3 Å². The van der Waals surface area contributed by atoms with E-state index >= 15 is 0 Å². The molecule has 3 rings (SSSR count). The first-order valence-electron chi connectivity index (χ1n) is 10.2. The van der Waals surface area contributed by atoms with E-state index in [2.05, 4.69) is 23.1 Å². The predicted octanol–water partition coefficient (Wildman–Crippen LogP) is 3.63. The third-order valence-corrected chi connectivity index (χ3v) is 5.45. The fraction of sp³-hybridized carbons (Fsp3) is 0.435. The van der Waals surface area contributed by atoms with Crippen molar-refractivity contribution < 1.29 is 14.3 Å². The second kappa shape index (κ2) is 8.34. The Hall–Kier alpha value is -3.09. The molecule has 0 unspecified atom stereocenters. The number of benzene rings is 1. The Morgan fingerprint density at radius 2 is 2.07 bits per heavy atom. The summed E-state index contributed by atoms with van der Waals surface area (Å²) in [5.74, 6) is -0.409. The maximum Gasteiger partial charge on any atom is 0.356 e. The molecule has 0 bridgehead atoms. The first kappa shape index (κ1) is 21.6. The monoisotopic (exact) mass is 410 g/mol. The normalized spacial score (nSPS) is 13.6. The number of fused-ring (bicyclic) bond motifs is 1. The molecule has 7 nitrogen and oxygen atoms in total. The van der Waals surface area contributed by atoms with E-state index in [-0.39, 0.29) is 6.03 Å². The van der Waals surface area contributed by atoms with Gasteiger partial charge in [0, 0.05) is 25.6 Å². The van der Waals surface area contributed by atoms with Crippen LogP contribution < -0.4 is 5.32 Å². The number of ether oxygens (including phenoxy) is 1. The van der Waals surface area contributed by atoms with E-state index in [0.29, 0.717) is 31.8 Å². The molecule has 2 heterocycles. The fourth-order valence-corrected chi connectivity index (χ4v) is 3.72. The van der Waals surface area contributed by atoms with E-state index in [9.17, 15) is 9.59 Å². The highest BCUT2D eigenvalue weighted by atomic mass is 16.5. The van der Waals surface area contributed by atoms with Crippen LogP contribution in [0.5, 0.6) is 0 Å². The van der Waals surface area contributed by atoms with Crippen LogP contribution in [0.1, 0.15) is 60.6 Å². The summed E-state index contributed by atoms with van der Waals surface area (Å²) in [7, 11) is 1.73. The lowest BCUT2D eigenvalue weighted by molar-refractivity contribution is 0.0510. The molecular formula is C23H30N4O3. The van der Waals surface area contributed by atoms with Gasteiger partial charge in [-0.2, -0.15) is 5.10 Å². The van der Waals surface area contributed by atoms with Gasteiger partial charge >= 0.3 is 12.0 Å². The molecule has 0 fully saturated rings. The topological polar surface area (TPSA) is 76.5 Å². The third-order valence-electron chi connectivity index (χ3n) is 5.45. The van der Waals surface area contributed by atoms with Gasteiger partial charge in [0.1, 0.15) is 0 Å². The largest absolute Gasteiger partial charge is 0.461 e. The van der Waals surface area contributed by atoms with Crippen molar-refractivity contribution >= 4 is 17.6 Å². The molecule has 30 heavy (non-hydrogen) atoms. The van der Waals surface area contributed by atoms with Crippen molar-refractivity contribution in [3.05, 3.63) is 58.9 Å². The molecule has 7 heteroatoms. The van der Waals surface area contributed by atoms with Crippen molar-refractivity contribution in [2.45, 2.75) is 46.2 Å². The molecule has 1 aliphatic rings. The van der Waals surface area contributed by atoms with E-state index in [1.807, 2.05) is 39.0 Å². The summed E-state index contributed by atoms with van der Waals surface area (Å²) in [6.07, 6.45) is 0.599. The molecule has 0 aliphatic carbocycles. The van der Waals surface area contributed by atoms with Crippen molar-refractivity contribution in [3.8, 4) is 0 Å². The predicted molar refractivity (Wildman–Crippen MR) is 116 cm³/mol. The fourth-order valence-electron chi connectivity index (χ4n) is 3.72. The number of carbonyl (C=O) groups excluding carboxylic acids is 2. The van der Waals surface area contributed by atoms with Gasteiger partial charge in [-0.05, 0) is 44.9 Å². The number of aryl methyl sites for hydroxylation is 1. The summed E-state index contributed by atoms with van der Waals surface area (Å²) in [5.41, 5.74) is 4.48. The lowest BCUT2D eigenvalue weighted by Gasteiger charge is -2.33. The van der Waals surface area contributed by atoms with Crippen molar-refractivity contribution in [2.24, 2.45) is 7.05 Å². The van der Waals surface area contributed by atoms with Crippen LogP contribution >= 0.6 is 0 Å². The Labute approximate surface area is 177 Å². The molecule has 0 radical (unpaired) electrons. The van der Waals surface area contributed by atoms with Gasteiger partial charge in [0.15, 0.2) is 5.69 Å². The zero-order valence-corrected chi connectivity index (χ0v) is 18.4. The molecule has 0 atom stereocenters. The van der Waals surface area contributed by atoms with E-state index in [4.69, 9.17) is 4.74 Å². The highest BCUT2D eigenvalue weighted by molar-refractivity contribution is 5.90. The highest BCUT2D eigenvalue weighted by Gasteiger charge is 2.32. The van der Waals surface area contributed by atoms with Gasteiger partial charge in [-0.25, -0.2) is 9.59 Å². The van der Waals surface area contributed by atoms with Gasteiger partial charge in [0.25, 0.3) is 0 Å². The Morgan fingerprint density at radius 3 is 2.73 bits per heavy atom. The average molecular weight is 411 g/mol. The maximum atomic E-state index is 13.1. The van der Waals surface area contributed by atoms with Crippen molar-refractivity contribution in [3.63, 3.8) is 0 Å². The van der Waals surface area contributed by atoms with Gasteiger partial charge in [0.05, 0.1) is 24.4 Å². The number of nitrogens with zero attached hydrogens (tertiary/aromatic N) is 3. The summed E-state index contributed by atoms with van der Waals surface area (Å²) in [6.45, 7) is 12.8. The first-order valence-corrected chi connectivity index (χ1v) is 10.2. The molecule has 0 spiro atoms. The minimum Gasteiger partial charge on any atom is -0.461 e. The summed E-state index contributed by atoms with van der Waals surface area (Å²) < 4.78 is 6.72. The number of aromatic nitrogens is 2. The number of carbonyl (C=O) groups is 2. The van der Waals surface area contributed by atoms with Crippen LogP contribution in [0.2, 0.25) is 0 Å². The Bertz CT molecular complexity index is 990.